The monoisotopic (exact) mass is 366 g/mol. The van der Waals surface area contributed by atoms with E-state index in [-0.39, 0.29) is 11.5 Å². The molecule has 0 spiro atoms. The van der Waals surface area contributed by atoms with Crippen LogP contribution in [0.5, 0.6) is 5.75 Å². The van der Waals surface area contributed by atoms with Crippen molar-refractivity contribution in [1.82, 2.24) is 19.4 Å². The minimum Gasteiger partial charge on any atom is -0.497 e. The predicted octanol–water partition coefficient (Wildman–Crippen LogP) is 2.41. The van der Waals surface area contributed by atoms with Gasteiger partial charge in [-0.15, -0.1) is 0 Å². The van der Waals surface area contributed by atoms with Gasteiger partial charge < -0.3 is 19.2 Å². The Morgan fingerprint density at radius 3 is 2.89 bits per heavy atom. The van der Waals surface area contributed by atoms with Crippen molar-refractivity contribution in [3.8, 4) is 17.1 Å². The number of hydrogen-bond acceptors (Lipinski definition) is 4. The van der Waals surface area contributed by atoms with Crippen LogP contribution < -0.4 is 10.3 Å². The zero-order chi connectivity index (χ0) is 18.8. The Morgan fingerprint density at radius 1 is 1.22 bits per heavy atom. The fourth-order valence-electron chi connectivity index (χ4n) is 3.58. The molecule has 4 rings (SSSR count). The van der Waals surface area contributed by atoms with Gasteiger partial charge in [-0.25, -0.2) is 4.98 Å². The van der Waals surface area contributed by atoms with Gasteiger partial charge in [-0.2, -0.15) is 0 Å². The predicted molar refractivity (Wildman–Crippen MR) is 103 cm³/mol. The van der Waals surface area contributed by atoms with Gasteiger partial charge in [0.2, 0.25) is 5.91 Å². The largest absolute Gasteiger partial charge is 0.497 e. The summed E-state index contributed by atoms with van der Waals surface area (Å²) in [5, 5.41) is 0.890. The number of nitrogens with zero attached hydrogens (tertiary/aromatic N) is 3. The molecule has 1 aliphatic rings. The van der Waals surface area contributed by atoms with Crippen LogP contribution in [0, 0.1) is 0 Å². The number of nitrogens with one attached hydrogen (secondary N) is 1. The maximum atomic E-state index is 12.6. The third-order valence-electron chi connectivity index (χ3n) is 5.01. The highest BCUT2D eigenvalue weighted by atomic mass is 16.5. The molecule has 7 heteroatoms. The highest BCUT2D eigenvalue weighted by Gasteiger charge is 2.19. The van der Waals surface area contributed by atoms with Crippen LogP contribution in [0.15, 0.2) is 41.5 Å². The Bertz CT molecular complexity index is 1040. The number of amides is 1. The molecule has 140 valence electrons. The number of likely N-dealkylation sites (tertiary alicyclic amines) is 1. The number of pyridine rings is 1. The summed E-state index contributed by atoms with van der Waals surface area (Å²) in [7, 11) is 1.62. The Balaban J connectivity index is 1.58. The summed E-state index contributed by atoms with van der Waals surface area (Å²) in [6.45, 7) is 2.29. The fourth-order valence-corrected chi connectivity index (χ4v) is 3.58. The highest BCUT2D eigenvalue weighted by molar-refractivity contribution is 5.83. The zero-order valence-electron chi connectivity index (χ0n) is 15.3. The molecule has 1 aromatic carbocycles. The fraction of sp³-hybridized carbons (Fsp3) is 0.350. The smallest absolute Gasteiger partial charge is 0.259 e. The van der Waals surface area contributed by atoms with Crippen molar-refractivity contribution in [3.05, 3.63) is 47.0 Å². The summed E-state index contributed by atoms with van der Waals surface area (Å²) < 4.78 is 7.24. The first kappa shape index (κ1) is 17.3. The summed E-state index contributed by atoms with van der Waals surface area (Å²) in [6.07, 6.45) is 6.01. The van der Waals surface area contributed by atoms with Crippen LogP contribution in [0.2, 0.25) is 0 Å². The SMILES string of the molecule is COc1ccc2[nH]c(=O)c(-c3nccn3CCCN3CCCC3=O)cc2c1. The van der Waals surface area contributed by atoms with E-state index in [1.165, 1.54) is 0 Å². The topological polar surface area (TPSA) is 80.2 Å². The number of aromatic nitrogens is 3. The van der Waals surface area contributed by atoms with Gasteiger partial charge in [-0.05, 0) is 37.1 Å². The molecule has 0 aliphatic carbocycles. The van der Waals surface area contributed by atoms with E-state index in [0.717, 1.165) is 42.6 Å². The summed E-state index contributed by atoms with van der Waals surface area (Å²) in [5.41, 5.74) is 1.11. The first-order chi connectivity index (χ1) is 13.2. The van der Waals surface area contributed by atoms with Crippen LogP contribution in [0.25, 0.3) is 22.3 Å². The second-order valence-corrected chi connectivity index (χ2v) is 6.75. The molecule has 1 saturated heterocycles. The van der Waals surface area contributed by atoms with Crippen LogP contribution in [0.1, 0.15) is 19.3 Å². The van der Waals surface area contributed by atoms with Gasteiger partial charge in [0, 0.05) is 49.4 Å². The van der Waals surface area contributed by atoms with Gasteiger partial charge in [0.15, 0.2) is 0 Å². The number of aromatic amines is 1. The number of H-pyrrole nitrogens is 1. The van der Waals surface area contributed by atoms with Gasteiger partial charge >= 0.3 is 0 Å². The van der Waals surface area contributed by atoms with E-state index in [2.05, 4.69) is 9.97 Å². The lowest BCUT2D eigenvalue weighted by molar-refractivity contribution is -0.127. The third kappa shape index (κ3) is 3.45. The summed E-state index contributed by atoms with van der Waals surface area (Å²) in [6, 6.07) is 7.39. The van der Waals surface area contributed by atoms with E-state index in [4.69, 9.17) is 4.74 Å². The molecule has 7 nitrogen and oxygen atoms in total. The molecule has 3 heterocycles. The molecular formula is C20H22N4O3. The minimum absolute atomic E-state index is 0.171. The Kier molecular flexibility index (Phi) is 4.66. The first-order valence-electron chi connectivity index (χ1n) is 9.16. The number of carbonyl (C=O) groups excluding carboxylic acids is 1. The number of rotatable bonds is 6. The molecule has 0 saturated carbocycles. The number of benzene rings is 1. The molecule has 1 fully saturated rings. The summed E-state index contributed by atoms with van der Waals surface area (Å²) >= 11 is 0. The lowest BCUT2D eigenvalue weighted by Crippen LogP contribution is -2.26. The number of fused-ring (bicyclic) bond motifs is 1. The van der Waals surface area contributed by atoms with Crippen LogP contribution >= 0.6 is 0 Å². The van der Waals surface area contributed by atoms with Crippen LogP contribution in [0.4, 0.5) is 0 Å². The van der Waals surface area contributed by atoms with E-state index >= 15 is 0 Å². The van der Waals surface area contributed by atoms with Crippen LogP contribution in [-0.2, 0) is 11.3 Å². The molecule has 27 heavy (non-hydrogen) atoms. The number of aryl methyl sites for hydroxylation is 1. The number of ether oxygens (including phenoxy) is 1. The van der Waals surface area contributed by atoms with Crippen molar-refractivity contribution in [3.63, 3.8) is 0 Å². The molecule has 1 N–H and O–H groups in total. The lowest BCUT2D eigenvalue weighted by atomic mass is 10.1. The number of imidazole rings is 1. The third-order valence-corrected chi connectivity index (χ3v) is 5.01. The molecular weight excluding hydrogens is 344 g/mol. The molecule has 0 atom stereocenters. The Hall–Kier alpha value is -3.09. The van der Waals surface area contributed by atoms with Gasteiger partial charge in [-0.3, -0.25) is 9.59 Å². The molecule has 1 aliphatic heterocycles. The molecule has 3 aromatic rings. The van der Waals surface area contributed by atoms with E-state index in [1.807, 2.05) is 39.9 Å². The average molecular weight is 366 g/mol. The van der Waals surface area contributed by atoms with Crippen LogP contribution in [-0.4, -0.2) is 45.5 Å². The van der Waals surface area contributed by atoms with Crippen molar-refractivity contribution in [2.24, 2.45) is 0 Å². The van der Waals surface area contributed by atoms with Crippen molar-refractivity contribution < 1.29 is 9.53 Å². The second-order valence-electron chi connectivity index (χ2n) is 6.75. The maximum Gasteiger partial charge on any atom is 0.259 e. The molecule has 1 amide bonds. The normalized spacial score (nSPS) is 14.3. The molecule has 0 unspecified atom stereocenters. The van der Waals surface area contributed by atoms with Gasteiger partial charge in [0.1, 0.15) is 11.6 Å². The highest BCUT2D eigenvalue weighted by Crippen LogP contribution is 2.22. The average Bonchev–Trinajstić information content (AvgIpc) is 3.30. The van der Waals surface area contributed by atoms with Gasteiger partial charge in [0.25, 0.3) is 5.56 Å². The minimum atomic E-state index is -0.171. The Morgan fingerprint density at radius 2 is 2.11 bits per heavy atom. The van der Waals surface area contributed by atoms with Gasteiger partial charge in [0.05, 0.1) is 12.7 Å². The van der Waals surface area contributed by atoms with Crippen molar-refractivity contribution in [1.29, 1.82) is 0 Å². The van der Waals surface area contributed by atoms with E-state index in [0.29, 0.717) is 24.4 Å². The molecule has 0 bridgehead atoms. The van der Waals surface area contributed by atoms with E-state index in [1.54, 1.807) is 13.3 Å². The van der Waals surface area contributed by atoms with Crippen molar-refractivity contribution >= 4 is 16.8 Å². The van der Waals surface area contributed by atoms with E-state index < -0.39 is 0 Å². The summed E-state index contributed by atoms with van der Waals surface area (Å²) in [4.78, 5) is 33.5. The zero-order valence-corrected chi connectivity index (χ0v) is 15.3. The number of methoxy groups -OCH3 is 1. The molecule has 0 radical (unpaired) electrons. The summed E-state index contributed by atoms with van der Waals surface area (Å²) in [5.74, 6) is 1.61. The second kappa shape index (κ2) is 7.26. The lowest BCUT2D eigenvalue weighted by Gasteiger charge is -2.16. The first-order valence-corrected chi connectivity index (χ1v) is 9.16. The van der Waals surface area contributed by atoms with E-state index in [9.17, 15) is 9.59 Å². The van der Waals surface area contributed by atoms with Crippen molar-refractivity contribution in [2.45, 2.75) is 25.8 Å². The maximum absolute atomic E-state index is 12.6. The van der Waals surface area contributed by atoms with Crippen LogP contribution in [0.3, 0.4) is 0 Å². The standard InChI is InChI=1S/C20H22N4O3/c1-27-15-5-6-17-14(12-15)13-16(20(26)22-17)19-21-7-11-24(19)10-3-9-23-8-2-4-18(23)25/h5-7,11-13H,2-4,8-10H2,1H3,(H,22,26). The Labute approximate surface area is 156 Å². The number of carbonyl (C=O) groups is 1. The van der Waals surface area contributed by atoms with Crippen molar-refractivity contribution in [2.75, 3.05) is 20.2 Å². The quantitative estimate of drug-likeness (QED) is 0.726. The molecule has 2 aromatic heterocycles. The number of hydrogen-bond donors (Lipinski definition) is 1. The van der Waals surface area contributed by atoms with Gasteiger partial charge in [-0.1, -0.05) is 0 Å².